The van der Waals surface area contributed by atoms with E-state index >= 15 is 0 Å². The van der Waals surface area contributed by atoms with E-state index in [1.165, 1.54) is 0 Å². The molecule has 0 amide bonds. The van der Waals surface area contributed by atoms with Crippen LogP contribution in [0.1, 0.15) is 38.7 Å². The first-order valence-electron chi connectivity index (χ1n) is 6.16. The van der Waals surface area contributed by atoms with Gasteiger partial charge < -0.3 is 4.43 Å². The molecule has 0 saturated carbocycles. The standard InChI is InChI=1S/C13H19F3OSi/c1-3-13(4-2,17-18)6-5-9-7-11(15)12(16)8-10(9)14/h7-8H,3-6H2,1-2,18H3. The van der Waals surface area contributed by atoms with E-state index in [0.29, 0.717) is 29.4 Å². The molecule has 0 heterocycles. The van der Waals surface area contributed by atoms with Gasteiger partial charge in [-0.2, -0.15) is 0 Å². The summed E-state index contributed by atoms with van der Waals surface area (Å²) < 4.78 is 44.9. The van der Waals surface area contributed by atoms with Crippen molar-refractivity contribution in [1.29, 1.82) is 0 Å². The Morgan fingerprint density at radius 1 is 1.06 bits per heavy atom. The van der Waals surface area contributed by atoms with Crippen molar-refractivity contribution in [3.63, 3.8) is 0 Å². The summed E-state index contributed by atoms with van der Waals surface area (Å²) in [6.45, 7) is 4.03. The van der Waals surface area contributed by atoms with Crippen molar-refractivity contribution in [2.45, 2.75) is 45.1 Å². The number of halogens is 3. The Morgan fingerprint density at radius 3 is 2.11 bits per heavy atom. The van der Waals surface area contributed by atoms with Crippen LogP contribution >= 0.6 is 0 Å². The second-order valence-electron chi connectivity index (χ2n) is 4.45. The summed E-state index contributed by atoms with van der Waals surface area (Å²) in [4.78, 5) is 0. The molecule has 1 aromatic rings. The highest BCUT2D eigenvalue weighted by Crippen LogP contribution is 2.26. The minimum atomic E-state index is -1.15. The van der Waals surface area contributed by atoms with Crippen LogP contribution in [-0.2, 0) is 10.8 Å². The Morgan fingerprint density at radius 2 is 1.61 bits per heavy atom. The zero-order valence-electron chi connectivity index (χ0n) is 11.0. The lowest BCUT2D eigenvalue weighted by atomic mass is 9.90. The lowest BCUT2D eigenvalue weighted by molar-refractivity contribution is 0.0614. The zero-order valence-corrected chi connectivity index (χ0v) is 13.0. The maximum absolute atomic E-state index is 13.5. The molecule has 1 aromatic carbocycles. The van der Waals surface area contributed by atoms with Crippen LogP contribution < -0.4 is 0 Å². The molecule has 0 saturated heterocycles. The van der Waals surface area contributed by atoms with Crippen LogP contribution in [-0.4, -0.2) is 16.1 Å². The van der Waals surface area contributed by atoms with Gasteiger partial charge in [-0.25, -0.2) is 13.2 Å². The molecule has 0 fully saturated rings. The molecule has 1 nitrogen and oxygen atoms in total. The average Bonchev–Trinajstić information content (AvgIpc) is 2.37. The van der Waals surface area contributed by atoms with E-state index in [1.807, 2.05) is 13.8 Å². The van der Waals surface area contributed by atoms with Crippen LogP contribution in [0.4, 0.5) is 13.2 Å². The fourth-order valence-corrected chi connectivity index (χ4v) is 2.89. The molecule has 0 N–H and O–H groups in total. The molecule has 0 unspecified atom stereocenters. The summed E-state index contributed by atoms with van der Waals surface area (Å²) in [5.41, 5.74) is -0.0531. The largest absolute Gasteiger partial charge is 0.422 e. The van der Waals surface area contributed by atoms with Crippen LogP contribution in [0.25, 0.3) is 0 Å². The maximum Gasteiger partial charge on any atom is 0.161 e. The molecule has 0 aliphatic heterocycles. The van der Waals surface area contributed by atoms with E-state index in [1.54, 1.807) is 0 Å². The van der Waals surface area contributed by atoms with Gasteiger partial charge in [-0.1, -0.05) is 13.8 Å². The Kier molecular flexibility index (Phi) is 5.41. The van der Waals surface area contributed by atoms with Gasteiger partial charge in [0.1, 0.15) is 16.3 Å². The van der Waals surface area contributed by atoms with Crippen LogP contribution in [0.3, 0.4) is 0 Å². The summed E-state index contributed by atoms with van der Waals surface area (Å²) in [5, 5.41) is 0. The van der Waals surface area contributed by atoms with Gasteiger partial charge in [0.05, 0.1) is 5.60 Å². The van der Waals surface area contributed by atoms with E-state index < -0.39 is 17.5 Å². The van der Waals surface area contributed by atoms with Gasteiger partial charge in [0, 0.05) is 6.07 Å². The molecule has 18 heavy (non-hydrogen) atoms. The average molecular weight is 276 g/mol. The summed E-state index contributed by atoms with van der Waals surface area (Å²) in [5.74, 6) is -2.84. The van der Waals surface area contributed by atoms with Crippen molar-refractivity contribution in [3.8, 4) is 0 Å². The first-order chi connectivity index (χ1) is 8.48. The van der Waals surface area contributed by atoms with Gasteiger partial charge in [0.25, 0.3) is 0 Å². The van der Waals surface area contributed by atoms with E-state index in [0.717, 1.165) is 18.9 Å². The molecule has 0 bridgehead atoms. The number of aryl methyl sites for hydroxylation is 1. The van der Waals surface area contributed by atoms with Crippen LogP contribution in [0.15, 0.2) is 12.1 Å². The summed E-state index contributed by atoms with van der Waals surface area (Å²) in [6, 6.07) is 1.54. The van der Waals surface area contributed by atoms with Crippen LogP contribution in [0.2, 0.25) is 0 Å². The van der Waals surface area contributed by atoms with Crippen molar-refractivity contribution in [2.24, 2.45) is 0 Å². The number of rotatable bonds is 6. The molecule has 1 rings (SSSR count). The fourth-order valence-electron chi connectivity index (χ4n) is 2.11. The van der Waals surface area contributed by atoms with Gasteiger partial charge in [-0.15, -0.1) is 0 Å². The molecule has 0 aliphatic rings. The van der Waals surface area contributed by atoms with E-state index in [4.69, 9.17) is 4.43 Å². The lowest BCUT2D eigenvalue weighted by Gasteiger charge is -2.31. The molecule has 0 spiro atoms. The van der Waals surface area contributed by atoms with Gasteiger partial charge in [-0.3, -0.25) is 0 Å². The minimum absolute atomic E-state index is 0.207. The van der Waals surface area contributed by atoms with Crippen LogP contribution in [0, 0.1) is 17.5 Å². The van der Waals surface area contributed by atoms with Gasteiger partial charge in [0.2, 0.25) is 0 Å². The number of hydrogen-bond acceptors (Lipinski definition) is 1. The van der Waals surface area contributed by atoms with Crippen molar-refractivity contribution in [2.75, 3.05) is 0 Å². The van der Waals surface area contributed by atoms with Crippen molar-refractivity contribution in [3.05, 3.63) is 35.1 Å². The first kappa shape index (κ1) is 15.2. The molecule has 0 radical (unpaired) electrons. The summed E-state index contributed by atoms with van der Waals surface area (Å²) in [6.07, 6.45) is 2.63. The van der Waals surface area contributed by atoms with Crippen molar-refractivity contribution < 1.29 is 17.6 Å². The maximum atomic E-state index is 13.5. The van der Waals surface area contributed by atoms with E-state index in [2.05, 4.69) is 0 Å². The van der Waals surface area contributed by atoms with E-state index in [-0.39, 0.29) is 11.2 Å². The Balaban J connectivity index is 2.83. The van der Waals surface area contributed by atoms with Gasteiger partial charge >= 0.3 is 0 Å². The zero-order chi connectivity index (χ0) is 13.8. The predicted molar refractivity (Wildman–Crippen MR) is 69.0 cm³/mol. The smallest absolute Gasteiger partial charge is 0.161 e. The molecular weight excluding hydrogens is 257 g/mol. The van der Waals surface area contributed by atoms with Crippen molar-refractivity contribution >= 4 is 10.5 Å². The van der Waals surface area contributed by atoms with Crippen LogP contribution in [0.5, 0.6) is 0 Å². The molecule has 5 heteroatoms. The third-order valence-corrected chi connectivity index (χ3v) is 4.53. The van der Waals surface area contributed by atoms with Crippen molar-refractivity contribution in [1.82, 2.24) is 0 Å². The van der Waals surface area contributed by atoms with E-state index in [9.17, 15) is 13.2 Å². The molecular formula is C13H19F3OSi. The normalized spacial score (nSPS) is 12.1. The predicted octanol–water partition coefficient (Wildman–Crippen LogP) is 2.89. The highest BCUT2D eigenvalue weighted by Gasteiger charge is 2.25. The molecule has 0 atom stereocenters. The minimum Gasteiger partial charge on any atom is -0.422 e. The second kappa shape index (κ2) is 6.38. The first-order valence-corrected chi connectivity index (χ1v) is 6.98. The number of hydrogen-bond donors (Lipinski definition) is 0. The lowest BCUT2D eigenvalue weighted by Crippen LogP contribution is -2.31. The quantitative estimate of drug-likeness (QED) is 0.573. The fraction of sp³-hybridized carbons (Fsp3) is 0.538. The van der Waals surface area contributed by atoms with Gasteiger partial charge in [-0.05, 0) is 37.3 Å². The topological polar surface area (TPSA) is 9.23 Å². The Bertz CT molecular complexity index is 397. The number of benzene rings is 1. The monoisotopic (exact) mass is 276 g/mol. The second-order valence-corrected chi connectivity index (χ2v) is 4.86. The highest BCUT2D eigenvalue weighted by molar-refractivity contribution is 5.98. The summed E-state index contributed by atoms with van der Waals surface area (Å²) in [7, 11) is 0.609. The molecule has 0 aliphatic carbocycles. The Hall–Kier alpha value is -0.813. The highest BCUT2D eigenvalue weighted by atomic mass is 28.2. The Labute approximate surface area is 109 Å². The third-order valence-electron chi connectivity index (χ3n) is 3.66. The SMILES string of the molecule is CCC(CC)(CCc1cc(F)c(F)cc1F)O[SiH3]. The third kappa shape index (κ3) is 3.35. The molecule has 102 valence electrons. The summed E-state index contributed by atoms with van der Waals surface area (Å²) >= 11 is 0. The molecule has 0 aromatic heterocycles. The van der Waals surface area contributed by atoms with Gasteiger partial charge in [0.15, 0.2) is 11.6 Å².